The average Bonchev–Trinajstić information content (AvgIpc) is 3.19. The first-order valence-corrected chi connectivity index (χ1v) is 7.43. The summed E-state index contributed by atoms with van der Waals surface area (Å²) >= 11 is 0. The summed E-state index contributed by atoms with van der Waals surface area (Å²) in [6.45, 7) is 0.472. The summed E-state index contributed by atoms with van der Waals surface area (Å²) in [6.07, 6.45) is 0.935. The normalized spacial score (nSPS) is 25.6. The van der Waals surface area contributed by atoms with Gasteiger partial charge in [0.1, 0.15) is 16.9 Å². The molecular formula is C15H13F3N4O2. The van der Waals surface area contributed by atoms with Crippen LogP contribution in [0, 0.1) is 5.92 Å². The third kappa shape index (κ3) is 2.00. The van der Waals surface area contributed by atoms with E-state index in [1.807, 2.05) is 4.98 Å². The van der Waals surface area contributed by atoms with E-state index >= 15 is 0 Å². The molecule has 5 rings (SSSR count). The number of hydrogen-bond acceptors (Lipinski definition) is 3. The fraction of sp³-hybridized carbons (Fsp3) is 0.400. The lowest BCUT2D eigenvalue weighted by molar-refractivity contribution is -0.138. The molecule has 2 aromatic rings. The van der Waals surface area contributed by atoms with Crippen molar-refractivity contribution in [1.29, 1.82) is 0 Å². The van der Waals surface area contributed by atoms with Crippen molar-refractivity contribution in [2.75, 3.05) is 6.54 Å². The molecular weight excluding hydrogens is 325 g/mol. The summed E-state index contributed by atoms with van der Waals surface area (Å²) in [5.41, 5.74) is -3.39. The summed E-state index contributed by atoms with van der Waals surface area (Å²) in [6, 6.07) is 0.618. The quantitative estimate of drug-likeness (QED) is 0.877. The smallest absolute Gasteiger partial charge is 0.347 e. The van der Waals surface area contributed by atoms with Gasteiger partial charge in [0, 0.05) is 25.1 Å². The van der Waals surface area contributed by atoms with Gasteiger partial charge in [-0.3, -0.25) is 9.59 Å². The minimum absolute atomic E-state index is 0.180. The summed E-state index contributed by atoms with van der Waals surface area (Å²) in [7, 11) is 0. The molecule has 3 fully saturated rings. The van der Waals surface area contributed by atoms with Crippen molar-refractivity contribution in [2.45, 2.75) is 24.6 Å². The van der Waals surface area contributed by atoms with Crippen molar-refractivity contribution in [3.63, 3.8) is 0 Å². The summed E-state index contributed by atoms with van der Waals surface area (Å²) in [5.74, 6) is 0.433. The van der Waals surface area contributed by atoms with Gasteiger partial charge in [-0.2, -0.15) is 13.2 Å². The maximum Gasteiger partial charge on any atom is 0.421 e. The molecule has 2 bridgehead atoms. The average molecular weight is 338 g/mol. The van der Waals surface area contributed by atoms with E-state index in [1.165, 1.54) is 0 Å². The van der Waals surface area contributed by atoms with Gasteiger partial charge in [0.05, 0.1) is 5.56 Å². The van der Waals surface area contributed by atoms with Crippen molar-refractivity contribution in [2.24, 2.45) is 5.92 Å². The van der Waals surface area contributed by atoms with Crippen LogP contribution in [0.1, 0.15) is 34.6 Å². The molecule has 1 aliphatic carbocycles. The molecule has 9 heteroatoms. The number of pyridine rings is 1. The number of carbonyl (C=O) groups is 1. The van der Waals surface area contributed by atoms with Gasteiger partial charge in [0.25, 0.3) is 11.5 Å². The number of halogens is 3. The molecule has 1 saturated carbocycles. The number of hydrogen-bond donors (Lipinski definition) is 2. The second-order valence-electron chi connectivity index (χ2n) is 6.29. The van der Waals surface area contributed by atoms with Crippen molar-refractivity contribution in [3.8, 4) is 0 Å². The molecule has 0 aromatic carbocycles. The number of alkyl halides is 3. The van der Waals surface area contributed by atoms with Crippen LogP contribution in [0.25, 0.3) is 0 Å². The third-order valence-electron chi connectivity index (χ3n) is 4.85. The highest BCUT2D eigenvalue weighted by atomic mass is 19.4. The number of nitrogens with one attached hydrogen (secondary N) is 2. The van der Waals surface area contributed by atoms with E-state index < -0.39 is 28.7 Å². The van der Waals surface area contributed by atoms with Crippen LogP contribution in [0.2, 0.25) is 0 Å². The molecule has 2 aromatic heterocycles. The number of fused-ring (bicyclic) bond motifs is 1. The Bertz CT molecular complexity index is 850. The van der Waals surface area contributed by atoms with Crippen LogP contribution in [0.5, 0.6) is 0 Å². The van der Waals surface area contributed by atoms with Crippen molar-refractivity contribution in [3.05, 3.63) is 52.0 Å². The number of rotatable bonds is 2. The highest BCUT2D eigenvalue weighted by Gasteiger charge is 2.60. The standard InChI is InChI=1S/C15H13F3N4O2/c16-15(17,18)10-3-9(6-21-11(10)23)12(24)22-7-8-4-14(22,5-8)13-19-1-2-20-13/h1-3,6,8H,4-5,7H2,(H,19,20)(H,21,23). The van der Waals surface area contributed by atoms with Crippen molar-refractivity contribution < 1.29 is 18.0 Å². The first-order chi connectivity index (χ1) is 11.3. The van der Waals surface area contributed by atoms with Gasteiger partial charge < -0.3 is 14.9 Å². The molecule has 1 amide bonds. The minimum atomic E-state index is -4.81. The Balaban J connectivity index is 1.71. The van der Waals surface area contributed by atoms with Crippen LogP contribution in [0.3, 0.4) is 0 Å². The molecule has 126 valence electrons. The first-order valence-electron chi connectivity index (χ1n) is 7.43. The van der Waals surface area contributed by atoms with E-state index in [1.54, 1.807) is 17.3 Å². The van der Waals surface area contributed by atoms with Crippen molar-refractivity contribution >= 4 is 5.91 Å². The van der Waals surface area contributed by atoms with E-state index in [0.717, 1.165) is 19.0 Å². The zero-order chi connectivity index (χ0) is 17.1. The Morgan fingerprint density at radius 1 is 1.33 bits per heavy atom. The molecule has 0 spiro atoms. The lowest BCUT2D eigenvalue weighted by Crippen LogP contribution is -2.46. The molecule has 3 aliphatic rings. The maximum atomic E-state index is 12.9. The van der Waals surface area contributed by atoms with Gasteiger partial charge >= 0.3 is 6.18 Å². The van der Waals surface area contributed by atoms with E-state index in [-0.39, 0.29) is 5.56 Å². The SMILES string of the molecule is O=C(c1c[nH]c(=O)c(C(F)(F)F)c1)N1CC2CC1(c1ncc[nH]1)C2. The molecule has 0 radical (unpaired) electrons. The van der Waals surface area contributed by atoms with Gasteiger partial charge in [0.15, 0.2) is 0 Å². The number of carbonyl (C=O) groups excluding carboxylic acids is 1. The Hall–Kier alpha value is -2.58. The van der Waals surface area contributed by atoms with Crippen LogP contribution < -0.4 is 5.56 Å². The predicted molar refractivity (Wildman–Crippen MR) is 76.1 cm³/mol. The zero-order valence-electron chi connectivity index (χ0n) is 12.4. The van der Waals surface area contributed by atoms with E-state index in [2.05, 4.69) is 9.97 Å². The monoisotopic (exact) mass is 338 g/mol. The number of H-pyrrole nitrogens is 2. The molecule has 24 heavy (non-hydrogen) atoms. The molecule has 6 nitrogen and oxygen atoms in total. The molecule has 2 N–H and O–H groups in total. The van der Waals surface area contributed by atoms with Gasteiger partial charge in [0.2, 0.25) is 0 Å². The van der Waals surface area contributed by atoms with Gasteiger partial charge in [-0.15, -0.1) is 0 Å². The number of nitrogens with zero attached hydrogens (tertiary/aromatic N) is 2. The fourth-order valence-electron chi connectivity index (χ4n) is 3.77. The maximum absolute atomic E-state index is 12.9. The van der Waals surface area contributed by atoms with Gasteiger partial charge in [-0.1, -0.05) is 0 Å². The Morgan fingerprint density at radius 2 is 2.08 bits per heavy atom. The van der Waals surface area contributed by atoms with E-state index in [9.17, 15) is 22.8 Å². The predicted octanol–water partition coefficient (Wildman–Crippen LogP) is 1.88. The number of aromatic amines is 2. The number of aromatic nitrogens is 3. The fourth-order valence-corrected chi connectivity index (χ4v) is 3.77. The molecule has 2 saturated heterocycles. The largest absolute Gasteiger partial charge is 0.421 e. The van der Waals surface area contributed by atoms with Gasteiger partial charge in [-0.25, -0.2) is 4.98 Å². The lowest BCUT2D eigenvalue weighted by atomic mass is 9.72. The molecule has 0 unspecified atom stereocenters. The second kappa shape index (κ2) is 4.71. The highest BCUT2D eigenvalue weighted by Crippen LogP contribution is 2.56. The Morgan fingerprint density at radius 3 is 2.71 bits per heavy atom. The zero-order valence-corrected chi connectivity index (χ0v) is 12.4. The number of imidazole rings is 1. The van der Waals surface area contributed by atoms with Crippen LogP contribution in [-0.2, 0) is 11.7 Å². The molecule has 0 atom stereocenters. The molecule has 4 heterocycles. The van der Waals surface area contributed by atoms with Gasteiger partial charge in [-0.05, 0) is 24.8 Å². The Labute approximate surface area is 133 Å². The molecule has 2 aliphatic heterocycles. The summed E-state index contributed by atoms with van der Waals surface area (Å²) in [4.78, 5) is 34.9. The minimum Gasteiger partial charge on any atom is -0.347 e. The summed E-state index contributed by atoms with van der Waals surface area (Å²) < 4.78 is 38.7. The van der Waals surface area contributed by atoms with Crippen LogP contribution >= 0.6 is 0 Å². The lowest BCUT2D eigenvalue weighted by Gasteiger charge is -2.40. The van der Waals surface area contributed by atoms with E-state index in [4.69, 9.17) is 0 Å². The third-order valence-corrected chi connectivity index (χ3v) is 4.85. The second-order valence-corrected chi connectivity index (χ2v) is 6.29. The van der Waals surface area contributed by atoms with Crippen molar-refractivity contribution in [1.82, 2.24) is 19.9 Å². The number of amides is 1. The van der Waals surface area contributed by atoms with Crippen LogP contribution in [-0.4, -0.2) is 32.3 Å². The highest BCUT2D eigenvalue weighted by molar-refractivity contribution is 5.95. The summed E-state index contributed by atoms with van der Waals surface area (Å²) in [5, 5.41) is 0. The topological polar surface area (TPSA) is 81.8 Å². The Kier molecular flexibility index (Phi) is 2.94. The first kappa shape index (κ1) is 15.0. The van der Waals surface area contributed by atoms with E-state index in [0.29, 0.717) is 24.4 Å². The van der Waals surface area contributed by atoms with Crippen LogP contribution in [0.4, 0.5) is 13.2 Å². The van der Waals surface area contributed by atoms with Crippen LogP contribution in [0.15, 0.2) is 29.5 Å².